The van der Waals surface area contributed by atoms with Crippen molar-refractivity contribution in [3.05, 3.63) is 90.5 Å². The summed E-state index contributed by atoms with van der Waals surface area (Å²) < 4.78 is 19.5. The molecule has 4 nitrogen and oxygen atoms in total. The molecule has 0 heterocycles. The second kappa shape index (κ2) is 6.73. The van der Waals surface area contributed by atoms with Crippen molar-refractivity contribution in [3.8, 4) is 5.75 Å². The SMILES string of the molecule is O=C(O)c1ccc(OP(=O)(c2ccccc2)c2ccccc2)cc1. The molecule has 0 saturated carbocycles. The molecule has 3 aromatic carbocycles. The first-order chi connectivity index (χ1) is 11.6. The van der Waals surface area contributed by atoms with E-state index < -0.39 is 13.3 Å². The predicted octanol–water partition coefficient (Wildman–Crippen LogP) is 3.69. The van der Waals surface area contributed by atoms with Gasteiger partial charge in [-0.15, -0.1) is 0 Å². The zero-order chi connectivity index (χ0) is 17.0. The second-order valence-electron chi connectivity index (χ2n) is 5.14. The van der Waals surface area contributed by atoms with Gasteiger partial charge in [0.15, 0.2) is 0 Å². The van der Waals surface area contributed by atoms with Gasteiger partial charge in [-0.05, 0) is 48.5 Å². The highest BCUT2D eigenvalue weighted by molar-refractivity contribution is 7.74. The van der Waals surface area contributed by atoms with E-state index in [9.17, 15) is 9.36 Å². The Kier molecular flexibility index (Phi) is 4.50. The lowest BCUT2D eigenvalue weighted by Crippen LogP contribution is -2.20. The zero-order valence-electron chi connectivity index (χ0n) is 12.7. The van der Waals surface area contributed by atoms with Gasteiger partial charge in [-0.3, -0.25) is 4.57 Å². The van der Waals surface area contributed by atoms with Crippen LogP contribution in [-0.2, 0) is 4.57 Å². The van der Waals surface area contributed by atoms with Gasteiger partial charge in [0.2, 0.25) is 0 Å². The van der Waals surface area contributed by atoms with Crippen molar-refractivity contribution in [3.63, 3.8) is 0 Å². The topological polar surface area (TPSA) is 63.6 Å². The number of carboxylic acid groups (broad SMARTS) is 1. The summed E-state index contributed by atoms with van der Waals surface area (Å²) in [6.45, 7) is 0. The minimum Gasteiger partial charge on any atom is -0.478 e. The normalized spacial score (nSPS) is 11.0. The van der Waals surface area contributed by atoms with Crippen LogP contribution in [0.5, 0.6) is 5.75 Å². The molecule has 0 unspecified atom stereocenters. The number of benzene rings is 3. The Morgan fingerprint density at radius 2 is 1.21 bits per heavy atom. The molecule has 0 aliphatic rings. The third kappa shape index (κ3) is 3.24. The monoisotopic (exact) mass is 338 g/mol. The molecule has 0 aliphatic heterocycles. The molecule has 0 bridgehead atoms. The van der Waals surface area contributed by atoms with Gasteiger partial charge in [0, 0.05) is 0 Å². The van der Waals surface area contributed by atoms with Crippen molar-refractivity contribution < 1.29 is 19.0 Å². The average molecular weight is 338 g/mol. The highest BCUT2D eigenvalue weighted by Gasteiger charge is 2.29. The summed E-state index contributed by atoms with van der Waals surface area (Å²) in [5.41, 5.74) is 0.150. The van der Waals surface area contributed by atoms with Crippen LogP contribution in [0.15, 0.2) is 84.9 Å². The summed E-state index contributed by atoms with van der Waals surface area (Å²) in [6, 6.07) is 23.9. The Bertz CT molecular complexity index is 831. The second-order valence-corrected chi connectivity index (χ2v) is 7.46. The maximum atomic E-state index is 13.7. The quantitative estimate of drug-likeness (QED) is 0.721. The third-order valence-corrected chi connectivity index (χ3v) is 5.95. The largest absolute Gasteiger partial charge is 0.478 e. The third-order valence-electron chi connectivity index (χ3n) is 3.53. The molecule has 5 heteroatoms. The molecule has 0 aromatic heterocycles. The minimum absolute atomic E-state index is 0.150. The van der Waals surface area contributed by atoms with Crippen LogP contribution in [0.3, 0.4) is 0 Å². The van der Waals surface area contributed by atoms with Gasteiger partial charge < -0.3 is 9.63 Å². The van der Waals surface area contributed by atoms with Crippen molar-refractivity contribution in [1.29, 1.82) is 0 Å². The van der Waals surface area contributed by atoms with Crippen molar-refractivity contribution in [2.75, 3.05) is 0 Å². The van der Waals surface area contributed by atoms with Crippen molar-refractivity contribution in [2.24, 2.45) is 0 Å². The molecule has 0 fully saturated rings. The van der Waals surface area contributed by atoms with E-state index in [1.807, 2.05) is 36.4 Å². The number of carbonyl (C=O) groups is 1. The van der Waals surface area contributed by atoms with E-state index in [2.05, 4.69) is 0 Å². The van der Waals surface area contributed by atoms with Gasteiger partial charge in [0.1, 0.15) is 5.75 Å². The van der Waals surface area contributed by atoms with Crippen LogP contribution in [-0.4, -0.2) is 11.1 Å². The summed E-state index contributed by atoms with van der Waals surface area (Å²) in [7, 11) is -3.33. The van der Waals surface area contributed by atoms with Gasteiger partial charge in [-0.25, -0.2) is 4.79 Å². The van der Waals surface area contributed by atoms with Crippen LogP contribution in [0.4, 0.5) is 0 Å². The average Bonchev–Trinajstić information content (AvgIpc) is 2.63. The number of hydrogen-bond acceptors (Lipinski definition) is 3. The van der Waals surface area contributed by atoms with Crippen LogP contribution in [0.25, 0.3) is 0 Å². The molecule has 120 valence electrons. The summed E-state index contributed by atoms with van der Waals surface area (Å²) in [5.74, 6) is -0.660. The van der Waals surface area contributed by atoms with Gasteiger partial charge in [0.05, 0.1) is 16.2 Å². The first-order valence-corrected chi connectivity index (χ1v) is 8.96. The molecular weight excluding hydrogens is 323 g/mol. The van der Waals surface area contributed by atoms with E-state index >= 15 is 0 Å². The molecule has 0 radical (unpaired) electrons. The Balaban J connectivity index is 2.03. The molecule has 24 heavy (non-hydrogen) atoms. The fraction of sp³-hybridized carbons (Fsp3) is 0. The molecule has 0 amide bonds. The Labute approximate surface area is 139 Å². The van der Waals surface area contributed by atoms with Gasteiger partial charge in [-0.2, -0.15) is 0 Å². The Morgan fingerprint density at radius 3 is 1.62 bits per heavy atom. The number of rotatable bonds is 5. The summed E-state index contributed by atoms with van der Waals surface area (Å²) in [6.07, 6.45) is 0. The van der Waals surface area contributed by atoms with E-state index in [0.29, 0.717) is 16.4 Å². The van der Waals surface area contributed by atoms with Gasteiger partial charge in [0.25, 0.3) is 0 Å². The molecule has 3 aromatic rings. The van der Waals surface area contributed by atoms with Crippen LogP contribution in [0.2, 0.25) is 0 Å². The van der Waals surface area contributed by atoms with Crippen molar-refractivity contribution in [1.82, 2.24) is 0 Å². The summed E-state index contributed by atoms with van der Waals surface area (Å²) in [4.78, 5) is 10.9. The molecule has 1 N–H and O–H groups in total. The van der Waals surface area contributed by atoms with Crippen LogP contribution in [0.1, 0.15) is 10.4 Å². The highest BCUT2D eigenvalue weighted by atomic mass is 31.2. The first-order valence-electron chi connectivity index (χ1n) is 7.34. The number of carboxylic acids is 1. The van der Waals surface area contributed by atoms with Crippen LogP contribution < -0.4 is 15.1 Å². The minimum atomic E-state index is -3.33. The molecule has 3 rings (SSSR count). The number of aromatic carboxylic acids is 1. The molecule has 0 spiro atoms. The Hall–Kier alpha value is -2.84. The summed E-state index contributed by atoms with van der Waals surface area (Å²) in [5, 5.41) is 10.1. The fourth-order valence-corrected chi connectivity index (χ4v) is 4.37. The van der Waals surface area contributed by atoms with Crippen LogP contribution in [0, 0.1) is 0 Å². The maximum Gasteiger partial charge on any atom is 0.335 e. The molecular formula is C19H15O4P. The molecule has 0 saturated heterocycles. The van der Waals surface area contributed by atoms with Crippen molar-refractivity contribution >= 4 is 23.9 Å². The molecule has 0 aliphatic carbocycles. The fourth-order valence-electron chi connectivity index (χ4n) is 2.31. The van der Waals surface area contributed by atoms with E-state index in [4.69, 9.17) is 9.63 Å². The van der Waals surface area contributed by atoms with Gasteiger partial charge >= 0.3 is 13.3 Å². The zero-order valence-corrected chi connectivity index (χ0v) is 13.6. The lowest BCUT2D eigenvalue weighted by Gasteiger charge is -2.20. The van der Waals surface area contributed by atoms with E-state index in [-0.39, 0.29) is 5.56 Å². The van der Waals surface area contributed by atoms with E-state index in [1.54, 1.807) is 24.3 Å². The predicted molar refractivity (Wildman–Crippen MR) is 93.8 cm³/mol. The highest BCUT2D eigenvalue weighted by Crippen LogP contribution is 2.44. The van der Waals surface area contributed by atoms with Crippen molar-refractivity contribution in [2.45, 2.75) is 0 Å². The van der Waals surface area contributed by atoms with Gasteiger partial charge in [-0.1, -0.05) is 36.4 Å². The standard InChI is InChI=1S/C19H15O4P/c20-19(21)15-11-13-16(14-12-15)23-24(22,17-7-3-1-4-8-17)18-9-5-2-6-10-18/h1-14H,(H,20,21). The lowest BCUT2D eigenvalue weighted by atomic mass is 10.2. The molecule has 0 atom stereocenters. The maximum absolute atomic E-state index is 13.7. The summed E-state index contributed by atoms with van der Waals surface area (Å²) >= 11 is 0. The van der Waals surface area contributed by atoms with Crippen LogP contribution >= 0.6 is 7.37 Å². The number of hydrogen-bond donors (Lipinski definition) is 1. The Morgan fingerprint density at radius 1 is 0.750 bits per heavy atom. The van der Waals surface area contributed by atoms with E-state index in [0.717, 1.165) is 0 Å². The lowest BCUT2D eigenvalue weighted by molar-refractivity contribution is 0.0697. The first kappa shape index (κ1) is 16.0. The smallest absolute Gasteiger partial charge is 0.335 e. The van der Waals surface area contributed by atoms with E-state index in [1.165, 1.54) is 24.3 Å².